The zero-order valence-electron chi connectivity index (χ0n) is 14.9. The van der Waals surface area contributed by atoms with Crippen molar-refractivity contribution in [3.05, 3.63) is 65.6 Å². The number of ether oxygens (including phenoxy) is 2. The van der Waals surface area contributed by atoms with Crippen molar-refractivity contribution >= 4 is 5.91 Å². The van der Waals surface area contributed by atoms with Crippen molar-refractivity contribution < 1.29 is 23.2 Å². The van der Waals surface area contributed by atoms with Crippen LogP contribution < -0.4 is 9.47 Å². The smallest absolute Gasteiger partial charge is 0.276 e. The molecule has 3 aromatic rings. The van der Waals surface area contributed by atoms with Crippen LogP contribution >= 0.6 is 0 Å². The molecule has 5 rings (SSSR count). The second-order valence-corrected chi connectivity index (χ2v) is 6.86. The van der Waals surface area contributed by atoms with Gasteiger partial charge >= 0.3 is 0 Å². The quantitative estimate of drug-likeness (QED) is 0.682. The van der Waals surface area contributed by atoms with Gasteiger partial charge in [-0.3, -0.25) is 4.79 Å². The molecule has 2 aliphatic heterocycles. The first-order chi connectivity index (χ1) is 13.7. The Hall–Kier alpha value is -3.35. The van der Waals surface area contributed by atoms with Gasteiger partial charge in [0.2, 0.25) is 6.79 Å². The predicted octanol–water partition coefficient (Wildman–Crippen LogP) is 4.19. The number of carbonyl (C=O) groups is 1. The van der Waals surface area contributed by atoms with Crippen molar-refractivity contribution in [1.82, 2.24) is 10.1 Å². The number of hydrogen-bond acceptors (Lipinski definition) is 5. The molecule has 1 amide bonds. The van der Waals surface area contributed by atoms with Crippen LogP contribution in [0.3, 0.4) is 0 Å². The lowest BCUT2D eigenvalue weighted by Crippen LogP contribution is -2.30. The third-order valence-electron chi connectivity index (χ3n) is 5.13. The predicted molar refractivity (Wildman–Crippen MR) is 97.5 cm³/mol. The van der Waals surface area contributed by atoms with Crippen molar-refractivity contribution in [2.45, 2.75) is 18.9 Å². The molecule has 1 atom stereocenters. The van der Waals surface area contributed by atoms with Gasteiger partial charge in [0.05, 0.1) is 6.04 Å². The summed E-state index contributed by atoms with van der Waals surface area (Å²) >= 11 is 0. The Morgan fingerprint density at radius 3 is 2.89 bits per heavy atom. The Balaban J connectivity index is 1.40. The first kappa shape index (κ1) is 16.8. The van der Waals surface area contributed by atoms with Crippen LogP contribution in [-0.4, -0.2) is 29.3 Å². The summed E-state index contributed by atoms with van der Waals surface area (Å²) in [7, 11) is 0. The van der Waals surface area contributed by atoms with Crippen molar-refractivity contribution in [3.63, 3.8) is 0 Å². The monoisotopic (exact) mass is 380 g/mol. The highest BCUT2D eigenvalue weighted by Gasteiger charge is 2.32. The van der Waals surface area contributed by atoms with E-state index >= 15 is 0 Å². The highest BCUT2D eigenvalue weighted by molar-refractivity contribution is 5.93. The van der Waals surface area contributed by atoms with Gasteiger partial charge in [-0.05, 0) is 48.7 Å². The molecule has 0 aliphatic carbocycles. The van der Waals surface area contributed by atoms with Gasteiger partial charge < -0.3 is 18.9 Å². The van der Waals surface area contributed by atoms with Crippen molar-refractivity contribution in [2.24, 2.45) is 0 Å². The molecule has 6 nitrogen and oxygen atoms in total. The molecule has 1 unspecified atom stereocenters. The lowest BCUT2D eigenvalue weighted by Gasteiger charge is -2.24. The average Bonchev–Trinajstić information content (AvgIpc) is 3.47. The number of carbonyl (C=O) groups excluding carboxylic acids is 1. The van der Waals surface area contributed by atoms with Gasteiger partial charge in [0, 0.05) is 18.2 Å². The molecular weight excluding hydrogens is 363 g/mol. The van der Waals surface area contributed by atoms with Crippen molar-refractivity contribution in [1.29, 1.82) is 0 Å². The lowest BCUT2D eigenvalue weighted by atomic mass is 10.0. The average molecular weight is 380 g/mol. The minimum atomic E-state index is -0.302. The highest BCUT2D eigenvalue weighted by Crippen LogP contribution is 2.37. The maximum absolute atomic E-state index is 13.6. The fourth-order valence-corrected chi connectivity index (χ4v) is 3.78. The van der Waals surface area contributed by atoms with Crippen LogP contribution in [0.5, 0.6) is 11.5 Å². The van der Waals surface area contributed by atoms with Gasteiger partial charge in [-0.15, -0.1) is 0 Å². The third-order valence-corrected chi connectivity index (χ3v) is 5.13. The van der Waals surface area contributed by atoms with Gasteiger partial charge in [0.25, 0.3) is 5.91 Å². The maximum atomic E-state index is 13.6. The third kappa shape index (κ3) is 2.89. The second kappa shape index (κ2) is 6.67. The van der Waals surface area contributed by atoms with E-state index in [1.165, 1.54) is 12.1 Å². The lowest BCUT2D eigenvalue weighted by molar-refractivity contribution is 0.0725. The van der Waals surface area contributed by atoms with Gasteiger partial charge in [-0.1, -0.05) is 17.3 Å². The number of aromatic nitrogens is 1. The van der Waals surface area contributed by atoms with Gasteiger partial charge in [0.1, 0.15) is 5.82 Å². The van der Waals surface area contributed by atoms with Gasteiger partial charge in [0.15, 0.2) is 23.0 Å². The van der Waals surface area contributed by atoms with E-state index in [1.807, 2.05) is 12.1 Å². The molecule has 2 aromatic carbocycles. The SMILES string of the molecule is O=C(c1cc(-c2ccc3c(c2)OCO3)on1)N1CCCC1c1cccc(F)c1. The minimum absolute atomic E-state index is 0.158. The van der Waals surface area contributed by atoms with Crippen LogP contribution in [0.4, 0.5) is 4.39 Å². The number of benzene rings is 2. The molecule has 1 fully saturated rings. The van der Waals surface area contributed by atoms with Crippen LogP contribution in [0.2, 0.25) is 0 Å². The van der Waals surface area contributed by atoms with Gasteiger partial charge in [-0.2, -0.15) is 0 Å². The number of nitrogens with zero attached hydrogens (tertiary/aromatic N) is 2. The summed E-state index contributed by atoms with van der Waals surface area (Å²) in [4.78, 5) is 14.7. The summed E-state index contributed by atoms with van der Waals surface area (Å²) in [6, 6.07) is 13.3. The van der Waals surface area contributed by atoms with Crippen LogP contribution in [0.15, 0.2) is 53.1 Å². The molecule has 0 saturated carbocycles. The highest BCUT2D eigenvalue weighted by atomic mass is 19.1. The Kier molecular flexibility index (Phi) is 4.00. The van der Waals surface area contributed by atoms with E-state index in [0.717, 1.165) is 24.0 Å². The normalized spacial score (nSPS) is 17.9. The Morgan fingerprint density at radius 1 is 1.11 bits per heavy atom. The number of rotatable bonds is 3. The molecule has 1 saturated heterocycles. The Bertz CT molecular complexity index is 1050. The van der Waals surface area contributed by atoms with E-state index < -0.39 is 0 Å². The summed E-state index contributed by atoms with van der Waals surface area (Å²) in [6.45, 7) is 0.793. The molecule has 0 radical (unpaired) electrons. The summed E-state index contributed by atoms with van der Waals surface area (Å²) in [5.41, 5.74) is 1.78. The fourth-order valence-electron chi connectivity index (χ4n) is 3.78. The van der Waals surface area contributed by atoms with E-state index in [4.69, 9.17) is 14.0 Å². The summed E-state index contributed by atoms with van der Waals surface area (Å²) in [6.07, 6.45) is 1.65. The molecule has 28 heavy (non-hydrogen) atoms. The number of halogens is 1. The minimum Gasteiger partial charge on any atom is -0.454 e. The van der Waals surface area contributed by atoms with E-state index in [1.54, 1.807) is 29.2 Å². The first-order valence-electron chi connectivity index (χ1n) is 9.12. The fraction of sp³-hybridized carbons (Fsp3) is 0.238. The summed E-state index contributed by atoms with van der Waals surface area (Å²) in [5, 5.41) is 3.96. The summed E-state index contributed by atoms with van der Waals surface area (Å²) in [5.74, 6) is 1.26. The van der Waals surface area contributed by atoms with Crippen LogP contribution in [0.1, 0.15) is 34.9 Å². The molecule has 2 aliphatic rings. The zero-order chi connectivity index (χ0) is 19.1. The van der Waals surface area contributed by atoms with Crippen molar-refractivity contribution in [2.75, 3.05) is 13.3 Å². The van der Waals surface area contributed by atoms with E-state index in [-0.39, 0.29) is 30.3 Å². The van der Waals surface area contributed by atoms with E-state index in [2.05, 4.69) is 5.16 Å². The molecular formula is C21H17FN2O4. The molecule has 142 valence electrons. The second-order valence-electron chi connectivity index (χ2n) is 6.86. The van der Waals surface area contributed by atoms with E-state index in [0.29, 0.717) is 23.8 Å². The molecule has 0 spiro atoms. The number of likely N-dealkylation sites (tertiary alicyclic amines) is 1. The van der Waals surface area contributed by atoms with Gasteiger partial charge in [-0.25, -0.2) is 4.39 Å². The Morgan fingerprint density at radius 2 is 2.00 bits per heavy atom. The standard InChI is InChI=1S/C21H17FN2O4/c22-15-4-1-3-13(9-15)17-5-2-8-24(17)21(25)16-11-19(28-23-16)14-6-7-18-20(10-14)27-12-26-18/h1,3-4,6-7,9-11,17H,2,5,8,12H2. The topological polar surface area (TPSA) is 64.8 Å². The zero-order valence-corrected chi connectivity index (χ0v) is 14.9. The number of hydrogen-bond donors (Lipinski definition) is 0. The van der Waals surface area contributed by atoms with E-state index in [9.17, 15) is 9.18 Å². The van der Waals surface area contributed by atoms with Crippen LogP contribution in [0.25, 0.3) is 11.3 Å². The molecule has 0 N–H and O–H groups in total. The van der Waals surface area contributed by atoms with Crippen molar-refractivity contribution in [3.8, 4) is 22.8 Å². The number of fused-ring (bicyclic) bond motifs is 1. The molecule has 7 heteroatoms. The molecule has 0 bridgehead atoms. The summed E-state index contributed by atoms with van der Waals surface area (Å²) < 4.78 is 29.7. The van der Waals surface area contributed by atoms with Crippen LogP contribution in [0, 0.1) is 5.82 Å². The molecule has 1 aromatic heterocycles. The molecule has 3 heterocycles. The Labute approximate surface area is 160 Å². The first-order valence-corrected chi connectivity index (χ1v) is 9.12. The van der Waals surface area contributed by atoms with Crippen LogP contribution in [-0.2, 0) is 0 Å². The largest absolute Gasteiger partial charge is 0.454 e. The maximum Gasteiger partial charge on any atom is 0.276 e. The number of amides is 1.